The fraction of sp³-hybridized carbons (Fsp3) is 0.444. The summed E-state index contributed by atoms with van der Waals surface area (Å²) in [5.74, 6) is -0.363. The average molecular weight is 170 g/mol. The summed E-state index contributed by atoms with van der Waals surface area (Å²) in [6.07, 6.45) is 6.32. The Balaban J connectivity index is 3.85. The van der Waals surface area contributed by atoms with E-state index >= 15 is 0 Å². The SMILES string of the molecule is C/C=C(\C=C/CC)OCC(=O)O. The van der Waals surface area contributed by atoms with Crippen molar-refractivity contribution in [2.75, 3.05) is 6.61 Å². The van der Waals surface area contributed by atoms with E-state index in [0.29, 0.717) is 5.76 Å². The molecule has 0 spiro atoms. The van der Waals surface area contributed by atoms with Crippen molar-refractivity contribution in [3.05, 3.63) is 24.0 Å². The molecular formula is C9H14O3. The van der Waals surface area contributed by atoms with Gasteiger partial charge >= 0.3 is 5.97 Å². The predicted molar refractivity (Wildman–Crippen MR) is 46.8 cm³/mol. The van der Waals surface area contributed by atoms with Gasteiger partial charge in [-0.1, -0.05) is 13.0 Å². The third kappa shape index (κ3) is 5.53. The lowest BCUT2D eigenvalue weighted by Crippen LogP contribution is -2.05. The third-order valence-corrected chi connectivity index (χ3v) is 1.16. The Hall–Kier alpha value is -1.25. The number of ether oxygens (including phenoxy) is 1. The molecule has 0 aliphatic heterocycles. The lowest BCUT2D eigenvalue weighted by atomic mass is 10.3. The van der Waals surface area contributed by atoms with Crippen LogP contribution in [0.15, 0.2) is 24.0 Å². The predicted octanol–water partition coefficient (Wildman–Crippen LogP) is 1.96. The van der Waals surface area contributed by atoms with Crippen molar-refractivity contribution in [1.82, 2.24) is 0 Å². The Labute approximate surface area is 72.3 Å². The number of rotatable bonds is 5. The molecule has 1 N–H and O–H groups in total. The third-order valence-electron chi connectivity index (χ3n) is 1.16. The first-order valence-corrected chi connectivity index (χ1v) is 3.88. The molecule has 0 aliphatic rings. The molecule has 12 heavy (non-hydrogen) atoms. The zero-order valence-corrected chi connectivity index (χ0v) is 7.41. The molecule has 0 bridgehead atoms. The van der Waals surface area contributed by atoms with Crippen molar-refractivity contribution in [2.24, 2.45) is 0 Å². The van der Waals surface area contributed by atoms with Crippen LogP contribution < -0.4 is 0 Å². The highest BCUT2D eigenvalue weighted by atomic mass is 16.5. The molecule has 0 amide bonds. The molecule has 0 aromatic rings. The highest BCUT2D eigenvalue weighted by Crippen LogP contribution is 1.99. The van der Waals surface area contributed by atoms with Crippen molar-refractivity contribution in [3.8, 4) is 0 Å². The van der Waals surface area contributed by atoms with Gasteiger partial charge in [-0.2, -0.15) is 0 Å². The minimum absolute atomic E-state index is 0.284. The van der Waals surface area contributed by atoms with Crippen LogP contribution in [-0.4, -0.2) is 17.7 Å². The zero-order valence-electron chi connectivity index (χ0n) is 7.41. The molecular weight excluding hydrogens is 156 g/mol. The van der Waals surface area contributed by atoms with Gasteiger partial charge in [-0.25, -0.2) is 4.79 Å². The fourth-order valence-electron chi connectivity index (χ4n) is 0.607. The molecule has 0 aromatic carbocycles. The van der Waals surface area contributed by atoms with Gasteiger partial charge in [0.05, 0.1) is 0 Å². The molecule has 0 radical (unpaired) electrons. The Morgan fingerprint density at radius 3 is 2.67 bits per heavy atom. The molecule has 0 aliphatic carbocycles. The van der Waals surface area contributed by atoms with Crippen molar-refractivity contribution < 1.29 is 14.6 Å². The van der Waals surface area contributed by atoms with E-state index in [1.54, 1.807) is 19.1 Å². The normalized spacial score (nSPS) is 12.0. The molecule has 0 fully saturated rings. The van der Waals surface area contributed by atoms with E-state index in [-0.39, 0.29) is 6.61 Å². The molecule has 3 nitrogen and oxygen atoms in total. The second-order valence-electron chi connectivity index (χ2n) is 2.18. The van der Waals surface area contributed by atoms with Crippen LogP contribution in [0.5, 0.6) is 0 Å². The summed E-state index contributed by atoms with van der Waals surface area (Å²) in [5, 5.41) is 8.31. The van der Waals surface area contributed by atoms with Gasteiger partial charge in [-0.05, 0) is 25.5 Å². The van der Waals surface area contributed by atoms with Gasteiger partial charge in [-0.15, -0.1) is 0 Å². The quantitative estimate of drug-likeness (QED) is 0.506. The van der Waals surface area contributed by atoms with Crippen molar-refractivity contribution in [1.29, 1.82) is 0 Å². The van der Waals surface area contributed by atoms with Crippen LogP contribution in [0.4, 0.5) is 0 Å². The molecule has 0 heterocycles. The molecule has 0 atom stereocenters. The van der Waals surface area contributed by atoms with Crippen LogP contribution in [0.1, 0.15) is 20.3 Å². The first-order chi connectivity index (χ1) is 5.70. The minimum atomic E-state index is -0.959. The van der Waals surface area contributed by atoms with Crippen LogP contribution >= 0.6 is 0 Å². The highest BCUT2D eigenvalue weighted by molar-refractivity contribution is 5.68. The molecule has 0 saturated heterocycles. The Morgan fingerprint density at radius 2 is 2.25 bits per heavy atom. The van der Waals surface area contributed by atoms with E-state index in [0.717, 1.165) is 6.42 Å². The maximum atomic E-state index is 10.1. The molecule has 68 valence electrons. The van der Waals surface area contributed by atoms with E-state index in [4.69, 9.17) is 9.84 Å². The van der Waals surface area contributed by atoms with Gasteiger partial charge in [0.25, 0.3) is 0 Å². The summed E-state index contributed by atoms with van der Waals surface area (Å²) < 4.78 is 4.93. The fourth-order valence-corrected chi connectivity index (χ4v) is 0.607. The lowest BCUT2D eigenvalue weighted by molar-refractivity contribution is -0.140. The van der Waals surface area contributed by atoms with Gasteiger partial charge in [0.1, 0.15) is 5.76 Å². The lowest BCUT2D eigenvalue weighted by Gasteiger charge is -2.01. The number of carboxylic acid groups (broad SMARTS) is 1. The molecule has 0 unspecified atom stereocenters. The Bertz CT molecular complexity index is 192. The van der Waals surface area contributed by atoms with Crippen LogP contribution in [0.25, 0.3) is 0 Å². The average Bonchev–Trinajstić information content (AvgIpc) is 2.05. The largest absolute Gasteiger partial charge is 0.482 e. The first kappa shape index (κ1) is 10.8. The number of aliphatic carboxylic acids is 1. The van der Waals surface area contributed by atoms with Crippen molar-refractivity contribution in [2.45, 2.75) is 20.3 Å². The molecule has 0 saturated carbocycles. The molecule has 3 heteroatoms. The summed E-state index contributed by atoms with van der Waals surface area (Å²) in [5.41, 5.74) is 0. The summed E-state index contributed by atoms with van der Waals surface area (Å²) >= 11 is 0. The van der Waals surface area contributed by atoms with E-state index < -0.39 is 5.97 Å². The van der Waals surface area contributed by atoms with Crippen molar-refractivity contribution in [3.63, 3.8) is 0 Å². The van der Waals surface area contributed by atoms with E-state index in [1.165, 1.54) is 0 Å². The van der Waals surface area contributed by atoms with Gasteiger partial charge in [-0.3, -0.25) is 0 Å². The van der Waals surface area contributed by atoms with Gasteiger partial charge < -0.3 is 9.84 Å². The maximum Gasteiger partial charge on any atom is 0.341 e. The van der Waals surface area contributed by atoms with Crippen molar-refractivity contribution >= 4 is 5.97 Å². The zero-order chi connectivity index (χ0) is 9.40. The maximum absolute atomic E-state index is 10.1. The standard InChI is InChI=1S/C9H14O3/c1-3-5-6-8(4-2)12-7-9(10)11/h4-6H,3,7H2,1-2H3,(H,10,11)/b6-5-,8-4+. The number of hydrogen-bond donors (Lipinski definition) is 1. The van der Waals surface area contributed by atoms with E-state index in [1.807, 2.05) is 13.0 Å². The van der Waals surface area contributed by atoms with E-state index in [2.05, 4.69) is 0 Å². The van der Waals surface area contributed by atoms with Crippen LogP contribution in [0.3, 0.4) is 0 Å². The first-order valence-electron chi connectivity index (χ1n) is 3.88. The van der Waals surface area contributed by atoms with Crippen LogP contribution in [0, 0.1) is 0 Å². The topological polar surface area (TPSA) is 46.5 Å². The Morgan fingerprint density at radius 1 is 1.58 bits per heavy atom. The highest BCUT2D eigenvalue weighted by Gasteiger charge is 1.96. The second kappa shape index (κ2) is 6.46. The monoisotopic (exact) mass is 170 g/mol. The van der Waals surface area contributed by atoms with Gasteiger partial charge in [0.2, 0.25) is 0 Å². The van der Waals surface area contributed by atoms with Gasteiger partial charge in [0, 0.05) is 0 Å². The van der Waals surface area contributed by atoms with E-state index in [9.17, 15) is 4.79 Å². The summed E-state index contributed by atoms with van der Waals surface area (Å²) in [4.78, 5) is 10.1. The number of allylic oxidation sites excluding steroid dienone is 3. The summed E-state index contributed by atoms with van der Waals surface area (Å²) in [6, 6.07) is 0. The van der Waals surface area contributed by atoms with Crippen LogP contribution in [0.2, 0.25) is 0 Å². The summed E-state index contributed by atoms with van der Waals surface area (Å²) in [7, 11) is 0. The smallest absolute Gasteiger partial charge is 0.341 e. The number of carboxylic acids is 1. The van der Waals surface area contributed by atoms with Gasteiger partial charge in [0.15, 0.2) is 6.61 Å². The van der Waals surface area contributed by atoms with Crippen LogP contribution in [-0.2, 0) is 9.53 Å². The number of carbonyl (C=O) groups is 1. The number of hydrogen-bond acceptors (Lipinski definition) is 2. The molecule has 0 aromatic heterocycles. The molecule has 0 rings (SSSR count). The summed E-state index contributed by atoms with van der Waals surface area (Å²) in [6.45, 7) is 3.52. The minimum Gasteiger partial charge on any atom is -0.482 e. The second-order valence-corrected chi connectivity index (χ2v) is 2.18. The Kier molecular flexibility index (Phi) is 5.79.